The number of benzene rings is 4. The Hall–Kier alpha value is -6.76. The van der Waals surface area contributed by atoms with E-state index in [0.717, 1.165) is 91.8 Å². The monoisotopic (exact) mass is 1140 g/mol. The molecule has 10 rings (SSSR count). The summed E-state index contributed by atoms with van der Waals surface area (Å²) in [6.07, 6.45) is 10.3. The van der Waals surface area contributed by atoms with Crippen LogP contribution in [-0.4, -0.2) is 123 Å². The van der Waals surface area contributed by atoms with Crippen molar-refractivity contribution < 1.29 is 42.9 Å². The number of anilines is 1. The van der Waals surface area contributed by atoms with Gasteiger partial charge in [-0.05, 0) is 109 Å². The first kappa shape index (κ1) is 58.4. The molecule has 4 amide bonds. The lowest BCUT2D eigenvalue weighted by atomic mass is 9.85. The highest BCUT2D eigenvalue weighted by Crippen LogP contribution is 2.42. The Labute approximate surface area is 483 Å². The SMILES string of the molecule is CCc1c(F)ccc2cc(O)cc(-c3ncc4c(N5CC6CCC(C5)N6)cc(OCC[C@@H]5CCCN5C(=O)CCCCCCCC(=O)NC(C(=O)N5C[C@H](O)C[C@H]5C(=O)NCc5ccc(-c6scnc6C)cc5)C(C)(C)C)cc4c3F)c12. The summed E-state index contributed by atoms with van der Waals surface area (Å²) in [6, 6.07) is 16.5. The normalized spacial score (nSPS) is 20.2. The average molecular weight is 1140 g/mol. The molecule has 436 valence electrons. The number of halogens is 2. The maximum absolute atomic E-state index is 17.2. The molecule has 3 unspecified atom stereocenters. The van der Waals surface area contributed by atoms with Crippen LogP contribution in [0, 0.1) is 24.0 Å². The summed E-state index contributed by atoms with van der Waals surface area (Å²) in [6.45, 7) is 12.2. The fraction of sp³-hybridized carbons (Fsp3) is 0.500. The first-order valence-corrected chi connectivity index (χ1v) is 30.4. The van der Waals surface area contributed by atoms with Crippen molar-refractivity contribution in [1.29, 1.82) is 0 Å². The highest BCUT2D eigenvalue weighted by Gasteiger charge is 2.44. The number of aryl methyl sites for hydroxylation is 2. The minimum absolute atomic E-state index is 0.000467. The minimum atomic E-state index is -0.904. The van der Waals surface area contributed by atoms with Crippen molar-refractivity contribution in [1.82, 2.24) is 35.7 Å². The minimum Gasteiger partial charge on any atom is -0.508 e. The fourth-order valence-electron chi connectivity index (χ4n) is 12.8. The molecule has 4 aliphatic heterocycles. The topological polar surface area (TPSA) is 190 Å². The van der Waals surface area contributed by atoms with Crippen LogP contribution in [0.2, 0.25) is 0 Å². The number of phenolic OH excluding ortho intramolecular Hbond substituents is 1. The number of hydrogen-bond donors (Lipinski definition) is 5. The molecule has 6 aromatic rings. The van der Waals surface area contributed by atoms with E-state index in [1.54, 1.807) is 35.7 Å². The summed E-state index contributed by atoms with van der Waals surface area (Å²) in [4.78, 5) is 70.5. The van der Waals surface area contributed by atoms with E-state index in [-0.39, 0.29) is 61.1 Å². The van der Waals surface area contributed by atoms with Crippen LogP contribution in [0.15, 0.2) is 72.4 Å². The van der Waals surface area contributed by atoms with Crippen molar-refractivity contribution in [3.63, 3.8) is 0 Å². The van der Waals surface area contributed by atoms with E-state index in [2.05, 4.69) is 30.8 Å². The number of fused-ring (bicyclic) bond motifs is 4. The van der Waals surface area contributed by atoms with Crippen LogP contribution < -0.4 is 25.6 Å². The van der Waals surface area contributed by atoms with Gasteiger partial charge in [0.15, 0.2) is 5.82 Å². The third-order valence-electron chi connectivity index (χ3n) is 17.1. The van der Waals surface area contributed by atoms with Crippen LogP contribution in [0.4, 0.5) is 14.5 Å². The van der Waals surface area contributed by atoms with E-state index < -0.39 is 41.1 Å². The Morgan fingerprint density at radius 1 is 0.890 bits per heavy atom. The number of phenols is 1. The highest BCUT2D eigenvalue weighted by atomic mass is 32.1. The number of carbonyl (C=O) groups is 4. The molecule has 6 atom stereocenters. The van der Waals surface area contributed by atoms with Crippen LogP contribution in [0.3, 0.4) is 0 Å². The number of piperazine rings is 1. The standard InChI is InChI=1S/C64H78F2N8O7S/c1-6-48-52(65)23-20-41-27-45(75)28-50(57(41)48)59-58(66)49-30-47(31-53(51(49)33-67-59)72-34-42-21-22-43(35-72)70-42)81-26-24-44-13-12-25-73(44)56(78)15-11-9-7-8-10-14-55(77)71-61(64(3,4)5)63(80)74-36-46(76)29-54(74)62(79)68-32-39-16-18-40(19-17-39)60-38(2)69-37-82-60/h16-20,23,27-28,30-31,33,37,42-44,46,54,61,70,75-76H,6-15,21-22,24-26,29,32,34-36H2,1-5H3,(H,68,79)(H,71,77)/t42?,43?,44-,46+,54-,61?/m0/s1. The molecule has 0 spiro atoms. The van der Waals surface area contributed by atoms with Gasteiger partial charge in [-0.25, -0.2) is 13.8 Å². The van der Waals surface area contributed by atoms with Gasteiger partial charge in [-0.2, -0.15) is 0 Å². The van der Waals surface area contributed by atoms with Crippen LogP contribution in [0.25, 0.3) is 43.2 Å². The Balaban J connectivity index is 0.692. The Bertz CT molecular complexity index is 3300. The van der Waals surface area contributed by atoms with Gasteiger partial charge in [-0.15, -0.1) is 11.3 Å². The predicted molar refractivity (Wildman–Crippen MR) is 317 cm³/mol. The zero-order valence-electron chi connectivity index (χ0n) is 47.9. The number of β-amino-alcohol motifs (C(OH)–C–C–N with tert-alkyl or cyclic N) is 1. The number of aliphatic hydroxyl groups is 1. The average Bonchev–Trinajstić information content (AvgIpc) is 3.63. The van der Waals surface area contributed by atoms with Gasteiger partial charge in [0.1, 0.15) is 35.1 Å². The Morgan fingerprint density at radius 2 is 1.63 bits per heavy atom. The molecule has 2 bridgehead atoms. The van der Waals surface area contributed by atoms with E-state index in [0.29, 0.717) is 89.3 Å². The molecule has 2 aromatic heterocycles. The van der Waals surface area contributed by atoms with Crippen molar-refractivity contribution in [3.8, 4) is 33.2 Å². The summed E-state index contributed by atoms with van der Waals surface area (Å²) in [5.74, 6) is -1.42. The van der Waals surface area contributed by atoms with Gasteiger partial charge < -0.3 is 45.6 Å². The molecule has 0 radical (unpaired) electrons. The third-order valence-corrected chi connectivity index (χ3v) is 18.1. The number of nitrogens with one attached hydrogen (secondary N) is 3. The van der Waals surface area contributed by atoms with E-state index in [9.17, 15) is 29.4 Å². The van der Waals surface area contributed by atoms with E-state index >= 15 is 8.78 Å². The number of rotatable bonds is 21. The molecule has 4 aliphatic rings. The van der Waals surface area contributed by atoms with Crippen LogP contribution in [-0.2, 0) is 32.1 Å². The number of nitrogens with zero attached hydrogens (tertiary/aromatic N) is 5. The van der Waals surface area contributed by atoms with Gasteiger partial charge in [-0.3, -0.25) is 24.2 Å². The van der Waals surface area contributed by atoms with Crippen molar-refractivity contribution in [2.24, 2.45) is 5.41 Å². The van der Waals surface area contributed by atoms with Crippen LogP contribution >= 0.6 is 11.3 Å². The maximum atomic E-state index is 17.2. The quantitative estimate of drug-likeness (QED) is 0.0431. The van der Waals surface area contributed by atoms with E-state index in [4.69, 9.17) is 4.74 Å². The van der Waals surface area contributed by atoms with Gasteiger partial charge in [0, 0.05) is 105 Å². The summed E-state index contributed by atoms with van der Waals surface area (Å²) in [5, 5.41) is 33.1. The number of hydrogen-bond acceptors (Lipinski definition) is 12. The molecular formula is C64H78F2N8O7S. The number of aliphatic hydroxyl groups excluding tert-OH is 1. The first-order chi connectivity index (χ1) is 39.4. The molecular weight excluding hydrogens is 1060 g/mol. The van der Waals surface area contributed by atoms with Gasteiger partial charge in [0.25, 0.3) is 0 Å². The second-order valence-electron chi connectivity index (χ2n) is 24.1. The van der Waals surface area contributed by atoms with Crippen LogP contribution in [0.1, 0.15) is 128 Å². The molecule has 82 heavy (non-hydrogen) atoms. The largest absolute Gasteiger partial charge is 0.508 e. The van der Waals surface area contributed by atoms with Crippen molar-refractivity contribution in [2.45, 2.75) is 167 Å². The number of aromatic hydroxyl groups is 1. The number of likely N-dealkylation sites (tertiary alicyclic amines) is 2. The Morgan fingerprint density at radius 3 is 2.35 bits per heavy atom. The number of thiazole rings is 1. The second-order valence-corrected chi connectivity index (χ2v) is 24.9. The fourth-order valence-corrected chi connectivity index (χ4v) is 13.6. The summed E-state index contributed by atoms with van der Waals surface area (Å²) < 4.78 is 38.9. The Kier molecular flexibility index (Phi) is 18.1. The number of pyridine rings is 1. The van der Waals surface area contributed by atoms with E-state index in [1.807, 2.05) is 75.4 Å². The van der Waals surface area contributed by atoms with Crippen molar-refractivity contribution in [3.05, 3.63) is 101 Å². The maximum Gasteiger partial charge on any atom is 0.246 e. The van der Waals surface area contributed by atoms with Gasteiger partial charge in [0.05, 0.1) is 34.5 Å². The molecule has 15 nitrogen and oxygen atoms in total. The van der Waals surface area contributed by atoms with E-state index in [1.165, 1.54) is 17.0 Å². The van der Waals surface area contributed by atoms with Gasteiger partial charge >= 0.3 is 0 Å². The number of ether oxygens (including phenoxy) is 1. The van der Waals surface area contributed by atoms with Gasteiger partial charge in [0.2, 0.25) is 23.6 Å². The predicted octanol–water partition coefficient (Wildman–Crippen LogP) is 10.3. The number of amides is 4. The zero-order valence-corrected chi connectivity index (χ0v) is 48.7. The van der Waals surface area contributed by atoms with Crippen LogP contribution in [0.5, 0.6) is 11.5 Å². The van der Waals surface area contributed by atoms with Crippen molar-refractivity contribution in [2.75, 3.05) is 37.7 Å². The lowest BCUT2D eigenvalue weighted by molar-refractivity contribution is -0.144. The van der Waals surface area contributed by atoms with Crippen molar-refractivity contribution >= 4 is 62.2 Å². The number of aromatic nitrogens is 2. The molecule has 4 saturated heterocycles. The smallest absolute Gasteiger partial charge is 0.246 e. The second kappa shape index (κ2) is 25.4. The number of carbonyl (C=O) groups excluding carboxylic acids is 4. The molecule has 5 N–H and O–H groups in total. The molecule has 0 saturated carbocycles. The molecule has 4 aromatic carbocycles. The third kappa shape index (κ3) is 13.0. The molecule has 18 heteroatoms. The molecule has 4 fully saturated rings. The number of unbranched alkanes of at least 4 members (excludes halogenated alkanes) is 4. The summed E-state index contributed by atoms with van der Waals surface area (Å²) in [5.41, 5.74) is 5.67. The lowest BCUT2D eigenvalue weighted by Crippen LogP contribution is -2.57. The molecule has 6 heterocycles. The molecule has 0 aliphatic carbocycles. The highest BCUT2D eigenvalue weighted by molar-refractivity contribution is 7.13. The zero-order chi connectivity index (χ0) is 57.8. The first-order valence-electron chi connectivity index (χ1n) is 29.5. The lowest BCUT2D eigenvalue weighted by Gasteiger charge is -2.35. The summed E-state index contributed by atoms with van der Waals surface area (Å²) in [7, 11) is 0. The van der Waals surface area contributed by atoms with Gasteiger partial charge in [-0.1, -0.05) is 77.3 Å². The summed E-state index contributed by atoms with van der Waals surface area (Å²) >= 11 is 1.57.